The molecule has 0 aliphatic heterocycles. The Morgan fingerprint density at radius 2 is 1.68 bits per heavy atom. The van der Waals surface area contributed by atoms with E-state index in [0.29, 0.717) is 6.54 Å². The Hall–Kier alpha value is -2.47. The van der Waals surface area contributed by atoms with Crippen molar-refractivity contribution in [1.82, 2.24) is 10.2 Å². The number of rotatable bonds is 7. The lowest BCUT2D eigenvalue weighted by atomic mass is 10.2. The minimum Gasteiger partial charge on any atom is -0.481 e. The number of carboxylic acid groups (broad SMARTS) is 1. The van der Waals surface area contributed by atoms with Crippen molar-refractivity contribution in [3.63, 3.8) is 0 Å². The van der Waals surface area contributed by atoms with Gasteiger partial charge in [-0.1, -0.05) is 49.0 Å². The van der Waals surface area contributed by atoms with Crippen molar-refractivity contribution in [3.05, 3.63) is 60.2 Å². The summed E-state index contributed by atoms with van der Waals surface area (Å²) in [6.45, 7) is 2.16. The van der Waals surface area contributed by atoms with Gasteiger partial charge in [0.25, 0.3) is 0 Å². The summed E-state index contributed by atoms with van der Waals surface area (Å²) in [5.41, 5.74) is 0.991. The number of carbonyl (C=O) groups is 2. The molecule has 0 radical (unpaired) electrons. The molecule has 5 nitrogen and oxygen atoms in total. The maximum absolute atomic E-state index is 12.0. The third-order valence-electron chi connectivity index (χ3n) is 3.66. The van der Waals surface area contributed by atoms with Crippen LogP contribution < -0.4 is 5.32 Å². The third-order valence-corrected chi connectivity index (χ3v) is 4.68. The molecule has 1 atom stereocenters. The topological polar surface area (TPSA) is 69.6 Å². The zero-order valence-electron chi connectivity index (χ0n) is 14.3. The van der Waals surface area contributed by atoms with Crippen LogP contribution in [0.1, 0.15) is 12.5 Å². The molecule has 25 heavy (non-hydrogen) atoms. The van der Waals surface area contributed by atoms with Crippen molar-refractivity contribution in [2.45, 2.75) is 23.3 Å². The minimum absolute atomic E-state index is 0.174. The number of nitrogens with one attached hydrogen (secondary N) is 1. The molecule has 0 aromatic heterocycles. The molecule has 0 fully saturated rings. The third kappa shape index (κ3) is 6.15. The number of amides is 2. The first-order valence-electron chi connectivity index (χ1n) is 7.99. The number of hydrogen-bond acceptors (Lipinski definition) is 3. The highest BCUT2D eigenvalue weighted by Gasteiger charge is 2.16. The van der Waals surface area contributed by atoms with Crippen LogP contribution in [0.3, 0.4) is 0 Å². The van der Waals surface area contributed by atoms with Crippen LogP contribution in [-0.2, 0) is 11.3 Å². The van der Waals surface area contributed by atoms with E-state index in [4.69, 9.17) is 5.11 Å². The lowest BCUT2D eigenvalue weighted by Gasteiger charge is -2.20. The van der Waals surface area contributed by atoms with Crippen molar-refractivity contribution in [1.29, 1.82) is 0 Å². The van der Waals surface area contributed by atoms with Gasteiger partial charge in [-0.3, -0.25) is 4.79 Å². The predicted molar refractivity (Wildman–Crippen MR) is 98.7 cm³/mol. The highest BCUT2D eigenvalue weighted by atomic mass is 32.2. The van der Waals surface area contributed by atoms with Crippen LogP contribution in [0, 0.1) is 5.92 Å². The van der Waals surface area contributed by atoms with Crippen LogP contribution in [0.2, 0.25) is 0 Å². The fourth-order valence-corrected chi connectivity index (χ4v) is 3.02. The summed E-state index contributed by atoms with van der Waals surface area (Å²) in [6, 6.07) is 17.9. The fourth-order valence-electron chi connectivity index (χ4n) is 2.18. The Balaban J connectivity index is 1.83. The van der Waals surface area contributed by atoms with Gasteiger partial charge >= 0.3 is 12.0 Å². The van der Waals surface area contributed by atoms with Crippen LogP contribution >= 0.6 is 11.8 Å². The van der Waals surface area contributed by atoms with Crippen molar-refractivity contribution >= 4 is 23.8 Å². The Bertz CT molecular complexity index is 704. The van der Waals surface area contributed by atoms with E-state index in [0.717, 1.165) is 10.5 Å². The lowest BCUT2D eigenvalue weighted by molar-refractivity contribution is -0.141. The Morgan fingerprint density at radius 3 is 2.28 bits per heavy atom. The van der Waals surface area contributed by atoms with E-state index in [-0.39, 0.29) is 12.6 Å². The van der Waals surface area contributed by atoms with Crippen LogP contribution in [0.5, 0.6) is 0 Å². The average molecular weight is 358 g/mol. The van der Waals surface area contributed by atoms with Crippen LogP contribution in [0.15, 0.2) is 64.4 Å². The molecule has 2 N–H and O–H groups in total. The highest BCUT2D eigenvalue weighted by Crippen LogP contribution is 2.27. The number of benzene rings is 2. The quantitative estimate of drug-likeness (QED) is 0.792. The van der Waals surface area contributed by atoms with Gasteiger partial charge in [0.2, 0.25) is 0 Å². The van der Waals surface area contributed by atoms with Gasteiger partial charge in [-0.15, -0.1) is 0 Å². The Kier molecular flexibility index (Phi) is 6.89. The van der Waals surface area contributed by atoms with Crippen molar-refractivity contribution in [2.24, 2.45) is 5.92 Å². The fraction of sp³-hybridized carbons (Fsp3) is 0.263. The Labute approximate surface area is 152 Å². The molecular formula is C19H22N2O3S. The van der Waals surface area contributed by atoms with E-state index in [2.05, 4.69) is 17.4 Å². The van der Waals surface area contributed by atoms with Crippen LogP contribution in [0.4, 0.5) is 4.79 Å². The second-order valence-corrected chi connectivity index (χ2v) is 6.98. The Morgan fingerprint density at radius 1 is 1.08 bits per heavy atom. The number of carboxylic acids is 1. The zero-order chi connectivity index (χ0) is 18.2. The molecule has 2 amide bonds. The maximum atomic E-state index is 12.0. The zero-order valence-corrected chi connectivity index (χ0v) is 15.1. The summed E-state index contributed by atoms with van der Waals surface area (Å²) in [5, 5.41) is 11.7. The molecule has 1 unspecified atom stereocenters. The SMILES string of the molecule is CC(CN(C)C(=O)NCc1ccc(Sc2ccccc2)cc1)C(=O)O. The summed E-state index contributed by atoms with van der Waals surface area (Å²) in [6.07, 6.45) is 0. The first-order chi connectivity index (χ1) is 12.0. The van der Waals surface area contributed by atoms with Gasteiger partial charge in [0.05, 0.1) is 5.92 Å². The maximum Gasteiger partial charge on any atom is 0.317 e. The van der Waals surface area contributed by atoms with Crippen molar-refractivity contribution in [3.8, 4) is 0 Å². The van der Waals surface area contributed by atoms with E-state index >= 15 is 0 Å². The highest BCUT2D eigenvalue weighted by molar-refractivity contribution is 7.99. The number of aliphatic carboxylic acids is 1. The molecule has 0 heterocycles. The summed E-state index contributed by atoms with van der Waals surface area (Å²) in [7, 11) is 1.59. The van der Waals surface area contributed by atoms with E-state index in [1.165, 1.54) is 9.80 Å². The standard InChI is InChI=1S/C19H22N2O3S/c1-14(18(22)23)13-21(2)19(24)20-12-15-8-10-17(11-9-15)25-16-6-4-3-5-7-16/h3-11,14H,12-13H2,1-2H3,(H,20,24)(H,22,23). The second kappa shape index (κ2) is 9.13. The van der Waals surface area contributed by atoms with Gasteiger partial charge in [0, 0.05) is 29.9 Å². The van der Waals surface area contributed by atoms with Gasteiger partial charge in [0.1, 0.15) is 0 Å². The number of urea groups is 1. The second-order valence-electron chi connectivity index (χ2n) is 5.84. The predicted octanol–water partition coefficient (Wildman–Crippen LogP) is 3.70. The van der Waals surface area contributed by atoms with Crippen molar-refractivity contribution in [2.75, 3.05) is 13.6 Å². The summed E-state index contributed by atoms with van der Waals surface area (Å²) in [5.74, 6) is -1.50. The smallest absolute Gasteiger partial charge is 0.317 e. The molecule has 0 bridgehead atoms. The molecule has 0 aliphatic rings. The largest absolute Gasteiger partial charge is 0.481 e. The van der Waals surface area contributed by atoms with Gasteiger partial charge < -0.3 is 15.3 Å². The van der Waals surface area contributed by atoms with Crippen LogP contribution in [0.25, 0.3) is 0 Å². The summed E-state index contributed by atoms with van der Waals surface area (Å²) in [4.78, 5) is 26.5. The molecule has 2 rings (SSSR count). The van der Waals surface area contributed by atoms with E-state index < -0.39 is 11.9 Å². The molecule has 0 aliphatic carbocycles. The monoisotopic (exact) mass is 358 g/mol. The first-order valence-corrected chi connectivity index (χ1v) is 8.81. The molecule has 6 heteroatoms. The van der Waals surface area contributed by atoms with Crippen LogP contribution in [-0.4, -0.2) is 35.6 Å². The molecular weight excluding hydrogens is 336 g/mol. The molecule has 2 aromatic rings. The molecule has 132 valence electrons. The van der Waals surface area contributed by atoms with E-state index in [1.807, 2.05) is 42.5 Å². The minimum atomic E-state index is -0.911. The van der Waals surface area contributed by atoms with Crippen molar-refractivity contribution < 1.29 is 14.7 Å². The van der Waals surface area contributed by atoms with Gasteiger partial charge in [-0.05, 0) is 29.8 Å². The summed E-state index contributed by atoms with van der Waals surface area (Å²) < 4.78 is 0. The van der Waals surface area contributed by atoms with Gasteiger partial charge in [-0.2, -0.15) is 0 Å². The molecule has 0 spiro atoms. The number of nitrogens with zero attached hydrogens (tertiary/aromatic N) is 1. The van der Waals surface area contributed by atoms with Gasteiger partial charge in [0.15, 0.2) is 0 Å². The number of hydrogen-bond donors (Lipinski definition) is 2. The number of carbonyl (C=O) groups excluding carboxylic acids is 1. The lowest BCUT2D eigenvalue weighted by Crippen LogP contribution is -2.40. The normalized spacial score (nSPS) is 11.6. The average Bonchev–Trinajstić information content (AvgIpc) is 2.61. The van der Waals surface area contributed by atoms with Gasteiger partial charge in [-0.25, -0.2) is 4.79 Å². The summed E-state index contributed by atoms with van der Waals surface area (Å²) >= 11 is 1.68. The molecule has 2 aromatic carbocycles. The molecule has 0 saturated carbocycles. The first kappa shape index (κ1) is 18.9. The molecule has 0 saturated heterocycles. The van der Waals surface area contributed by atoms with E-state index in [1.54, 1.807) is 25.7 Å². The van der Waals surface area contributed by atoms with E-state index in [9.17, 15) is 9.59 Å².